The van der Waals surface area contributed by atoms with Gasteiger partial charge in [0.05, 0.1) is 16.9 Å². The van der Waals surface area contributed by atoms with Crippen molar-refractivity contribution in [2.75, 3.05) is 30.4 Å². The standard InChI is InChI=1S/C13H15N5O3/c1-15-10-3-2-9(13(20)21)5-11(10)18-7-8(4-12(18)19)6-16-17-14/h2-3,5,8,15H,4,6-7H2,1H3,(H,20,21). The van der Waals surface area contributed by atoms with Gasteiger partial charge in [-0.25, -0.2) is 4.79 Å². The molecule has 8 heteroatoms. The van der Waals surface area contributed by atoms with E-state index in [1.54, 1.807) is 13.1 Å². The average Bonchev–Trinajstić information content (AvgIpc) is 2.85. The highest BCUT2D eigenvalue weighted by Gasteiger charge is 2.31. The second-order valence-electron chi connectivity index (χ2n) is 4.78. The molecular formula is C13H15N5O3. The first-order valence-corrected chi connectivity index (χ1v) is 6.43. The summed E-state index contributed by atoms with van der Waals surface area (Å²) in [5.74, 6) is -1.20. The molecule has 0 saturated carbocycles. The summed E-state index contributed by atoms with van der Waals surface area (Å²) in [4.78, 5) is 27.4. The molecule has 1 saturated heterocycles. The van der Waals surface area contributed by atoms with Crippen LogP contribution in [0, 0.1) is 5.92 Å². The molecule has 1 unspecified atom stereocenters. The summed E-state index contributed by atoms with van der Waals surface area (Å²) in [5.41, 5.74) is 9.67. The first-order chi connectivity index (χ1) is 10.1. The zero-order valence-electron chi connectivity index (χ0n) is 11.5. The number of nitrogens with zero attached hydrogens (tertiary/aromatic N) is 4. The van der Waals surface area contributed by atoms with E-state index in [1.807, 2.05) is 0 Å². The molecule has 0 spiro atoms. The molecule has 1 fully saturated rings. The molecule has 0 aliphatic carbocycles. The zero-order chi connectivity index (χ0) is 15.4. The molecule has 110 valence electrons. The molecule has 1 amide bonds. The number of carboxylic acids is 1. The molecule has 0 aromatic heterocycles. The average molecular weight is 289 g/mol. The third-order valence-corrected chi connectivity index (χ3v) is 3.41. The van der Waals surface area contributed by atoms with Crippen molar-refractivity contribution in [2.45, 2.75) is 6.42 Å². The summed E-state index contributed by atoms with van der Waals surface area (Å²) in [6, 6.07) is 4.59. The smallest absolute Gasteiger partial charge is 0.335 e. The van der Waals surface area contributed by atoms with Crippen molar-refractivity contribution in [3.05, 3.63) is 34.2 Å². The molecule has 8 nitrogen and oxygen atoms in total. The van der Waals surface area contributed by atoms with Gasteiger partial charge >= 0.3 is 5.97 Å². The minimum absolute atomic E-state index is 0.0495. The number of anilines is 2. The third-order valence-electron chi connectivity index (χ3n) is 3.41. The van der Waals surface area contributed by atoms with E-state index >= 15 is 0 Å². The lowest BCUT2D eigenvalue weighted by atomic mass is 10.1. The lowest BCUT2D eigenvalue weighted by molar-refractivity contribution is -0.117. The molecule has 1 aliphatic heterocycles. The summed E-state index contributed by atoms with van der Waals surface area (Å²) < 4.78 is 0. The Morgan fingerprint density at radius 1 is 1.62 bits per heavy atom. The van der Waals surface area contributed by atoms with Crippen LogP contribution in [-0.4, -0.2) is 37.1 Å². The van der Waals surface area contributed by atoms with Crippen LogP contribution in [0.15, 0.2) is 23.3 Å². The monoisotopic (exact) mass is 289 g/mol. The third kappa shape index (κ3) is 3.06. The first kappa shape index (κ1) is 14.7. The number of hydrogen-bond donors (Lipinski definition) is 2. The summed E-state index contributed by atoms with van der Waals surface area (Å²) in [6.07, 6.45) is 0.291. The van der Waals surface area contributed by atoms with Crippen molar-refractivity contribution in [1.29, 1.82) is 0 Å². The Balaban J connectivity index is 2.32. The van der Waals surface area contributed by atoms with E-state index in [4.69, 9.17) is 10.6 Å². The lowest BCUT2D eigenvalue weighted by Crippen LogP contribution is -2.26. The van der Waals surface area contributed by atoms with Crippen molar-refractivity contribution in [2.24, 2.45) is 11.0 Å². The molecule has 1 aromatic carbocycles. The van der Waals surface area contributed by atoms with Gasteiger partial charge in [-0.1, -0.05) is 5.11 Å². The zero-order valence-corrected chi connectivity index (χ0v) is 11.5. The van der Waals surface area contributed by atoms with Gasteiger partial charge in [-0.05, 0) is 29.6 Å². The fourth-order valence-corrected chi connectivity index (χ4v) is 2.39. The molecule has 0 radical (unpaired) electrons. The highest BCUT2D eigenvalue weighted by Crippen LogP contribution is 2.32. The Bertz CT molecular complexity index is 624. The van der Waals surface area contributed by atoms with Crippen LogP contribution in [0.25, 0.3) is 10.4 Å². The summed E-state index contributed by atoms with van der Waals surface area (Å²) >= 11 is 0. The Morgan fingerprint density at radius 3 is 3.00 bits per heavy atom. The van der Waals surface area contributed by atoms with Gasteiger partial charge in [0.15, 0.2) is 0 Å². The fraction of sp³-hybridized carbons (Fsp3) is 0.385. The maximum atomic E-state index is 12.1. The van der Waals surface area contributed by atoms with E-state index in [-0.39, 0.29) is 23.9 Å². The number of rotatable bonds is 5. The number of carbonyl (C=O) groups excluding carboxylic acids is 1. The van der Waals surface area contributed by atoms with Gasteiger partial charge in [0, 0.05) is 31.5 Å². The van der Waals surface area contributed by atoms with E-state index in [0.29, 0.717) is 24.3 Å². The van der Waals surface area contributed by atoms with Gasteiger partial charge in [-0.2, -0.15) is 0 Å². The number of nitrogens with one attached hydrogen (secondary N) is 1. The van der Waals surface area contributed by atoms with E-state index in [1.165, 1.54) is 17.0 Å². The highest BCUT2D eigenvalue weighted by atomic mass is 16.4. The predicted molar refractivity (Wildman–Crippen MR) is 77.4 cm³/mol. The van der Waals surface area contributed by atoms with Gasteiger partial charge in [0.2, 0.25) is 5.91 Å². The summed E-state index contributed by atoms with van der Waals surface area (Å²) in [6.45, 7) is 0.669. The maximum absolute atomic E-state index is 12.1. The molecule has 21 heavy (non-hydrogen) atoms. The Morgan fingerprint density at radius 2 is 2.38 bits per heavy atom. The molecule has 1 aromatic rings. The second kappa shape index (κ2) is 6.15. The number of benzene rings is 1. The Labute approximate surface area is 121 Å². The lowest BCUT2D eigenvalue weighted by Gasteiger charge is -2.20. The summed E-state index contributed by atoms with van der Waals surface area (Å²) in [7, 11) is 1.71. The number of aromatic carboxylic acids is 1. The minimum atomic E-state index is -1.05. The topological polar surface area (TPSA) is 118 Å². The molecule has 0 bridgehead atoms. The SMILES string of the molecule is CNc1ccc(C(=O)O)cc1N1CC(CN=[N+]=[N-])CC1=O. The number of carboxylic acid groups (broad SMARTS) is 1. The van der Waals surface area contributed by atoms with Gasteiger partial charge in [-0.15, -0.1) is 0 Å². The highest BCUT2D eigenvalue weighted by molar-refractivity contribution is 6.00. The van der Waals surface area contributed by atoms with Crippen LogP contribution in [0.1, 0.15) is 16.8 Å². The Hall–Kier alpha value is -2.73. The number of hydrogen-bond acceptors (Lipinski definition) is 4. The number of carbonyl (C=O) groups is 2. The van der Waals surface area contributed by atoms with Crippen molar-refractivity contribution in [3.63, 3.8) is 0 Å². The first-order valence-electron chi connectivity index (χ1n) is 6.43. The van der Waals surface area contributed by atoms with E-state index < -0.39 is 5.97 Å². The van der Waals surface area contributed by atoms with Gasteiger partial charge < -0.3 is 15.3 Å². The number of azide groups is 1. The van der Waals surface area contributed by atoms with Crippen molar-refractivity contribution >= 4 is 23.3 Å². The van der Waals surface area contributed by atoms with Crippen LogP contribution < -0.4 is 10.2 Å². The predicted octanol–water partition coefficient (Wildman–Crippen LogP) is 2.09. The van der Waals surface area contributed by atoms with E-state index in [0.717, 1.165) is 0 Å². The van der Waals surface area contributed by atoms with Crippen LogP contribution in [0.2, 0.25) is 0 Å². The summed E-state index contributed by atoms with van der Waals surface area (Å²) in [5, 5.41) is 15.5. The van der Waals surface area contributed by atoms with Crippen molar-refractivity contribution in [1.82, 2.24) is 0 Å². The maximum Gasteiger partial charge on any atom is 0.335 e. The van der Waals surface area contributed by atoms with Crippen LogP contribution >= 0.6 is 0 Å². The molecule has 1 atom stereocenters. The molecule has 1 heterocycles. The van der Waals surface area contributed by atoms with Gasteiger partial charge in [0.1, 0.15) is 0 Å². The van der Waals surface area contributed by atoms with Crippen LogP contribution in [0.4, 0.5) is 11.4 Å². The quantitative estimate of drug-likeness (QED) is 0.490. The van der Waals surface area contributed by atoms with E-state index in [2.05, 4.69) is 15.3 Å². The normalized spacial score (nSPS) is 17.5. The second-order valence-corrected chi connectivity index (χ2v) is 4.78. The van der Waals surface area contributed by atoms with E-state index in [9.17, 15) is 9.59 Å². The fourth-order valence-electron chi connectivity index (χ4n) is 2.39. The van der Waals surface area contributed by atoms with Gasteiger partial charge in [0.25, 0.3) is 0 Å². The number of amides is 1. The Kier molecular flexibility index (Phi) is 4.30. The van der Waals surface area contributed by atoms with Crippen molar-refractivity contribution < 1.29 is 14.7 Å². The van der Waals surface area contributed by atoms with Crippen LogP contribution in [0.3, 0.4) is 0 Å². The minimum Gasteiger partial charge on any atom is -0.478 e. The molecule has 2 rings (SSSR count). The largest absolute Gasteiger partial charge is 0.478 e. The molecule has 2 N–H and O–H groups in total. The molecule has 1 aliphatic rings. The van der Waals surface area contributed by atoms with Crippen molar-refractivity contribution in [3.8, 4) is 0 Å². The van der Waals surface area contributed by atoms with Crippen LogP contribution in [-0.2, 0) is 4.79 Å². The van der Waals surface area contributed by atoms with Crippen LogP contribution in [0.5, 0.6) is 0 Å². The van der Waals surface area contributed by atoms with Gasteiger partial charge in [-0.3, -0.25) is 4.79 Å². The molecular weight excluding hydrogens is 274 g/mol.